The minimum absolute atomic E-state index is 0.0253. The van der Waals surface area contributed by atoms with Gasteiger partial charge < -0.3 is 10.2 Å². The number of rotatable bonds is 7. The number of carbonyl (C=O) groups excluding carboxylic acids is 3. The number of fused-ring (bicyclic) bond motifs is 1. The van der Waals surface area contributed by atoms with Crippen molar-refractivity contribution < 1.29 is 23.2 Å². The van der Waals surface area contributed by atoms with Gasteiger partial charge in [0.15, 0.2) is 11.6 Å². The summed E-state index contributed by atoms with van der Waals surface area (Å²) in [6.45, 7) is 5.54. The number of amides is 1. The SMILES string of the molecule is CC(C)(C)c1ccc2c(c1)NC(C(=O)Cc1cnccc1C(=O)CCC(=O)N1CC(F)(F)C[C@H]1C#N)S2. The summed E-state index contributed by atoms with van der Waals surface area (Å²) in [5.74, 6) is -4.28. The van der Waals surface area contributed by atoms with E-state index >= 15 is 0 Å². The van der Waals surface area contributed by atoms with Gasteiger partial charge in [0.2, 0.25) is 5.91 Å². The lowest BCUT2D eigenvalue weighted by molar-refractivity contribution is -0.132. The molecular weight excluding hydrogens is 498 g/mol. The average molecular weight is 527 g/mol. The number of anilines is 1. The molecule has 2 aromatic rings. The van der Waals surface area contributed by atoms with Gasteiger partial charge in [-0.1, -0.05) is 38.6 Å². The molecule has 1 aromatic carbocycles. The smallest absolute Gasteiger partial charge is 0.268 e. The van der Waals surface area contributed by atoms with Crippen LogP contribution in [0.2, 0.25) is 0 Å². The second kappa shape index (κ2) is 10.2. The summed E-state index contributed by atoms with van der Waals surface area (Å²) in [6, 6.07) is 8.14. The summed E-state index contributed by atoms with van der Waals surface area (Å²) < 4.78 is 27.3. The standard InChI is InChI=1S/C27H28F2N4O3S/c1-26(2,3)17-4-6-23-20(11-17)32-25(37-23)22(35)10-16-14-31-9-8-19(16)21(34)5-7-24(36)33-15-27(28,29)12-18(33)13-30/h4,6,8-9,11,14,18,25,32H,5,7,10,12,15H2,1-3H3/t18-,25?/m0/s1. The number of carbonyl (C=O) groups is 3. The summed E-state index contributed by atoms with van der Waals surface area (Å²) in [5, 5.41) is 11.9. The number of nitriles is 1. The number of hydrogen-bond donors (Lipinski definition) is 1. The van der Waals surface area contributed by atoms with Crippen LogP contribution in [0.25, 0.3) is 0 Å². The van der Waals surface area contributed by atoms with Gasteiger partial charge in [-0.2, -0.15) is 5.26 Å². The molecule has 194 valence electrons. The number of aromatic nitrogens is 1. The second-order valence-electron chi connectivity index (χ2n) is 10.4. The first-order valence-electron chi connectivity index (χ1n) is 12.0. The van der Waals surface area contributed by atoms with Crippen LogP contribution in [0, 0.1) is 11.3 Å². The van der Waals surface area contributed by atoms with Crippen molar-refractivity contribution in [2.75, 3.05) is 11.9 Å². The Labute approximate surface area is 218 Å². The van der Waals surface area contributed by atoms with Crippen molar-refractivity contribution in [2.24, 2.45) is 0 Å². The van der Waals surface area contributed by atoms with Crippen molar-refractivity contribution in [3.05, 3.63) is 53.3 Å². The molecule has 1 amide bonds. The van der Waals surface area contributed by atoms with Gasteiger partial charge in [0, 0.05) is 54.2 Å². The van der Waals surface area contributed by atoms with Crippen LogP contribution in [0.15, 0.2) is 41.6 Å². The van der Waals surface area contributed by atoms with Crippen LogP contribution < -0.4 is 5.32 Å². The van der Waals surface area contributed by atoms with Gasteiger partial charge in [0.1, 0.15) is 11.4 Å². The van der Waals surface area contributed by atoms with Crippen molar-refractivity contribution in [1.82, 2.24) is 9.88 Å². The molecule has 1 aromatic heterocycles. The molecule has 7 nitrogen and oxygen atoms in total. The number of halogens is 2. The summed E-state index contributed by atoms with van der Waals surface area (Å²) in [4.78, 5) is 44.4. The molecule has 1 fully saturated rings. The minimum atomic E-state index is -3.11. The van der Waals surface area contributed by atoms with Crippen molar-refractivity contribution in [3.8, 4) is 6.07 Å². The highest BCUT2D eigenvalue weighted by Crippen LogP contribution is 2.41. The fourth-order valence-electron chi connectivity index (χ4n) is 4.47. The van der Waals surface area contributed by atoms with Gasteiger partial charge >= 0.3 is 0 Å². The van der Waals surface area contributed by atoms with E-state index in [1.54, 1.807) is 6.07 Å². The maximum atomic E-state index is 13.7. The van der Waals surface area contributed by atoms with E-state index < -0.39 is 36.2 Å². The Bertz CT molecular complexity index is 1290. The van der Waals surface area contributed by atoms with Gasteiger partial charge in [-0.05, 0) is 34.7 Å². The molecule has 0 radical (unpaired) electrons. The van der Waals surface area contributed by atoms with Crippen molar-refractivity contribution in [1.29, 1.82) is 5.26 Å². The van der Waals surface area contributed by atoms with Crippen LogP contribution in [0.1, 0.15) is 61.5 Å². The molecule has 37 heavy (non-hydrogen) atoms. The summed E-state index contributed by atoms with van der Waals surface area (Å²) in [7, 11) is 0. The number of nitrogens with zero attached hydrogens (tertiary/aromatic N) is 3. The number of alkyl halides is 2. The molecule has 1 N–H and O–H groups in total. The Morgan fingerprint density at radius 2 is 2.00 bits per heavy atom. The van der Waals surface area contributed by atoms with Gasteiger partial charge in [0.25, 0.3) is 5.92 Å². The van der Waals surface area contributed by atoms with E-state index in [2.05, 4.69) is 43.2 Å². The molecular formula is C27H28F2N4O3S. The zero-order chi connectivity index (χ0) is 27.0. The molecule has 0 aliphatic carbocycles. The molecule has 2 aliphatic heterocycles. The average Bonchev–Trinajstić information content (AvgIpc) is 3.41. The van der Waals surface area contributed by atoms with Crippen molar-refractivity contribution in [3.63, 3.8) is 0 Å². The number of nitrogens with one attached hydrogen (secondary N) is 1. The molecule has 0 saturated carbocycles. The van der Waals surface area contributed by atoms with Crippen LogP contribution in [0.4, 0.5) is 14.5 Å². The fraction of sp³-hybridized carbons (Fsp3) is 0.444. The Morgan fingerprint density at radius 3 is 2.70 bits per heavy atom. The summed E-state index contributed by atoms with van der Waals surface area (Å²) in [5.41, 5.74) is 2.75. The maximum Gasteiger partial charge on any atom is 0.268 e. The number of pyridine rings is 1. The molecule has 3 heterocycles. The van der Waals surface area contributed by atoms with Crippen LogP contribution >= 0.6 is 11.8 Å². The van der Waals surface area contributed by atoms with Gasteiger partial charge in [-0.15, -0.1) is 0 Å². The number of Topliss-reactive ketones (excluding diaryl/α,β-unsaturated/α-hetero) is 2. The number of thioether (sulfide) groups is 1. The zero-order valence-corrected chi connectivity index (χ0v) is 21.7. The number of likely N-dealkylation sites (tertiary alicyclic amines) is 1. The first-order valence-corrected chi connectivity index (χ1v) is 12.9. The molecule has 1 saturated heterocycles. The lowest BCUT2D eigenvalue weighted by atomic mass is 9.87. The van der Waals surface area contributed by atoms with E-state index in [0.717, 1.165) is 21.0 Å². The number of ketones is 2. The number of hydrogen-bond acceptors (Lipinski definition) is 7. The first kappa shape index (κ1) is 26.7. The van der Waals surface area contributed by atoms with E-state index in [4.69, 9.17) is 5.26 Å². The molecule has 2 atom stereocenters. The monoisotopic (exact) mass is 526 g/mol. The van der Waals surface area contributed by atoms with Crippen molar-refractivity contribution >= 4 is 34.9 Å². The third-order valence-electron chi connectivity index (χ3n) is 6.54. The van der Waals surface area contributed by atoms with Gasteiger partial charge in [-0.3, -0.25) is 19.4 Å². The van der Waals surface area contributed by atoms with E-state index in [-0.39, 0.29) is 41.8 Å². The predicted molar refractivity (Wildman–Crippen MR) is 136 cm³/mol. The highest BCUT2D eigenvalue weighted by molar-refractivity contribution is 8.01. The highest BCUT2D eigenvalue weighted by atomic mass is 32.2. The summed E-state index contributed by atoms with van der Waals surface area (Å²) >= 11 is 1.42. The lowest BCUT2D eigenvalue weighted by Gasteiger charge is -2.19. The third kappa shape index (κ3) is 5.99. The van der Waals surface area contributed by atoms with Crippen LogP contribution in [-0.2, 0) is 21.4 Å². The van der Waals surface area contributed by atoms with E-state index in [1.165, 1.54) is 30.2 Å². The molecule has 10 heteroatoms. The highest BCUT2D eigenvalue weighted by Gasteiger charge is 2.47. The predicted octanol–water partition coefficient (Wildman–Crippen LogP) is 4.76. The Morgan fingerprint density at radius 1 is 1.24 bits per heavy atom. The Balaban J connectivity index is 1.39. The summed E-state index contributed by atoms with van der Waals surface area (Å²) in [6.07, 6.45) is 1.65. The zero-order valence-electron chi connectivity index (χ0n) is 20.9. The lowest BCUT2D eigenvalue weighted by Crippen LogP contribution is -2.36. The normalized spacial score (nSPS) is 20.2. The van der Waals surface area contributed by atoms with E-state index in [9.17, 15) is 23.2 Å². The molecule has 1 unspecified atom stereocenters. The Hall–Kier alpha value is -3.32. The molecule has 0 bridgehead atoms. The Kier molecular flexibility index (Phi) is 7.38. The van der Waals surface area contributed by atoms with Crippen LogP contribution in [0.3, 0.4) is 0 Å². The minimum Gasteiger partial charge on any atom is -0.366 e. The van der Waals surface area contributed by atoms with Crippen LogP contribution in [-0.4, -0.2) is 51.2 Å². The van der Waals surface area contributed by atoms with Crippen molar-refractivity contribution in [2.45, 2.75) is 74.1 Å². The van der Waals surface area contributed by atoms with Crippen LogP contribution in [0.5, 0.6) is 0 Å². The fourth-order valence-corrected chi connectivity index (χ4v) is 5.52. The first-order chi connectivity index (χ1) is 17.4. The van der Waals surface area contributed by atoms with E-state index in [1.807, 2.05) is 6.07 Å². The second-order valence-corrected chi connectivity index (χ2v) is 11.6. The number of benzene rings is 1. The largest absolute Gasteiger partial charge is 0.366 e. The topological polar surface area (TPSA) is 103 Å². The van der Waals surface area contributed by atoms with Gasteiger partial charge in [-0.25, -0.2) is 8.78 Å². The molecule has 2 aliphatic rings. The van der Waals surface area contributed by atoms with E-state index in [0.29, 0.717) is 5.56 Å². The third-order valence-corrected chi connectivity index (χ3v) is 7.77. The molecule has 0 spiro atoms. The molecule has 4 rings (SSSR count). The van der Waals surface area contributed by atoms with Gasteiger partial charge in [0.05, 0.1) is 12.6 Å². The quantitative estimate of drug-likeness (QED) is 0.519. The maximum absolute atomic E-state index is 13.7.